The van der Waals surface area contributed by atoms with Crippen molar-refractivity contribution in [2.45, 2.75) is 46.8 Å². The van der Waals surface area contributed by atoms with Crippen LogP contribution in [0.4, 0.5) is 4.39 Å². The molecular weight excluding hydrogens is 513 g/mol. The van der Waals surface area contributed by atoms with E-state index in [-0.39, 0.29) is 30.0 Å². The second kappa shape index (κ2) is 11.6. The monoisotopic (exact) mass is 549 g/mol. The molecular formula is C31H36FN3O5. The number of Topliss-reactive ketones (excluding diaryl/α,β-unsaturated/α-hetero) is 1. The minimum Gasteiger partial charge on any atom is -0.443 e. The van der Waals surface area contributed by atoms with Gasteiger partial charge in [0.25, 0.3) is 11.8 Å². The third-order valence-electron chi connectivity index (χ3n) is 7.26. The van der Waals surface area contributed by atoms with Crippen molar-refractivity contribution in [2.24, 2.45) is 11.3 Å². The third-order valence-corrected chi connectivity index (χ3v) is 7.26. The van der Waals surface area contributed by atoms with E-state index in [0.29, 0.717) is 35.5 Å². The first-order valence-electron chi connectivity index (χ1n) is 13.4. The van der Waals surface area contributed by atoms with Crippen molar-refractivity contribution in [1.29, 1.82) is 0 Å². The van der Waals surface area contributed by atoms with Crippen molar-refractivity contribution in [1.82, 2.24) is 14.4 Å². The molecule has 4 rings (SSSR count). The fourth-order valence-electron chi connectivity index (χ4n) is 4.85. The number of amides is 2. The van der Waals surface area contributed by atoms with Gasteiger partial charge in [0.2, 0.25) is 5.78 Å². The molecule has 1 aliphatic rings. The van der Waals surface area contributed by atoms with E-state index in [1.807, 2.05) is 0 Å². The molecule has 0 bridgehead atoms. The van der Waals surface area contributed by atoms with Crippen molar-refractivity contribution in [3.05, 3.63) is 71.2 Å². The maximum atomic E-state index is 13.8. The SMILES string of the molecule is CN(C)C(=O)C(=O)c1ccc2c(c1)c(C(=O)N1CCC(Cc3ccc(F)cc3)CC1)cn2COC(=O)C(C)(C)C. The van der Waals surface area contributed by atoms with Crippen molar-refractivity contribution in [3.8, 4) is 0 Å². The molecule has 0 saturated carbocycles. The molecule has 1 saturated heterocycles. The first-order chi connectivity index (χ1) is 18.8. The molecule has 0 unspecified atom stereocenters. The van der Waals surface area contributed by atoms with Gasteiger partial charge in [-0.15, -0.1) is 0 Å². The van der Waals surface area contributed by atoms with Gasteiger partial charge in [-0.3, -0.25) is 19.2 Å². The van der Waals surface area contributed by atoms with E-state index in [9.17, 15) is 23.6 Å². The highest BCUT2D eigenvalue weighted by atomic mass is 19.1. The number of hydrogen-bond donors (Lipinski definition) is 0. The van der Waals surface area contributed by atoms with Crippen LogP contribution in [-0.4, -0.2) is 65.1 Å². The smallest absolute Gasteiger partial charge is 0.312 e. The van der Waals surface area contributed by atoms with Crippen LogP contribution < -0.4 is 0 Å². The first-order valence-corrected chi connectivity index (χ1v) is 13.4. The predicted molar refractivity (Wildman–Crippen MR) is 149 cm³/mol. The normalized spacial score (nSPS) is 14.3. The van der Waals surface area contributed by atoms with Gasteiger partial charge in [0.1, 0.15) is 5.82 Å². The van der Waals surface area contributed by atoms with Crippen LogP contribution in [0.25, 0.3) is 10.9 Å². The molecule has 212 valence electrons. The minimum absolute atomic E-state index is 0.0937. The van der Waals surface area contributed by atoms with Gasteiger partial charge in [-0.25, -0.2) is 4.39 Å². The van der Waals surface area contributed by atoms with Crippen molar-refractivity contribution < 1.29 is 28.3 Å². The maximum absolute atomic E-state index is 13.8. The van der Waals surface area contributed by atoms with Gasteiger partial charge >= 0.3 is 5.97 Å². The van der Waals surface area contributed by atoms with Gasteiger partial charge in [-0.05, 0) is 81.8 Å². The summed E-state index contributed by atoms with van der Waals surface area (Å²) in [6.45, 7) is 6.32. The number of aromatic nitrogens is 1. The van der Waals surface area contributed by atoms with Crippen LogP contribution in [-0.2, 0) is 27.5 Å². The van der Waals surface area contributed by atoms with E-state index < -0.39 is 17.1 Å². The van der Waals surface area contributed by atoms with Crippen LogP contribution in [0.2, 0.25) is 0 Å². The van der Waals surface area contributed by atoms with Crippen LogP contribution in [0.1, 0.15) is 59.9 Å². The maximum Gasteiger partial charge on any atom is 0.312 e. The fourth-order valence-corrected chi connectivity index (χ4v) is 4.85. The molecule has 1 fully saturated rings. The highest BCUT2D eigenvalue weighted by Crippen LogP contribution is 2.28. The molecule has 9 heteroatoms. The first kappa shape index (κ1) is 29.0. The number of ether oxygens (including phenoxy) is 1. The highest BCUT2D eigenvalue weighted by molar-refractivity contribution is 6.43. The van der Waals surface area contributed by atoms with Gasteiger partial charge < -0.3 is 19.1 Å². The topological polar surface area (TPSA) is 88.9 Å². The Balaban J connectivity index is 1.58. The summed E-state index contributed by atoms with van der Waals surface area (Å²) in [7, 11) is 3.01. The minimum atomic E-state index is -0.689. The number of carbonyl (C=O) groups excluding carboxylic acids is 4. The summed E-state index contributed by atoms with van der Waals surface area (Å²) >= 11 is 0. The number of piperidine rings is 1. The van der Waals surface area contributed by atoms with Crippen molar-refractivity contribution in [3.63, 3.8) is 0 Å². The Morgan fingerprint density at radius 3 is 2.25 bits per heavy atom. The lowest BCUT2D eigenvalue weighted by molar-refractivity contribution is -0.156. The standard InChI is InChI=1S/C31H36FN3O5/c1-31(2,3)30(39)40-19-35-18-25(24-17-22(8-11-26(24)35)27(36)29(38)33(4)5)28(37)34-14-12-21(13-15-34)16-20-6-9-23(32)10-7-20/h6-11,17-18,21H,12-16,19H2,1-5H3. The Morgan fingerprint density at radius 2 is 1.65 bits per heavy atom. The number of esters is 1. The predicted octanol–water partition coefficient (Wildman–Crippen LogP) is 4.69. The van der Waals surface area contributed by atoms with Crippen molar-refractivity contribution >= 4 is 34.5 Å². The summed E-state index contributed by atoms with van der Waals surface area (Å²) < 4.78 is 20.4. The van der Waals surface area contributed by atoms with Gasteiger partial charge in [0.15, 0.2) is 6.73 Å². The number of ketones is 1. The van der Waals surface area contributed by atoms with E-state index >= 15 is 0 Å². The molecule has 0 aliphatic carbocycles. The number of likely N-dealkylation sites (tertiary alicyclic amines) is 1. The summed E-state index contributed by atoms with van der Waals surface area (Å²) in [6.07, 6.45) is 4.10. The summed E-state index contributed by atoms with van der Waals surface area (Å²) in [5, 5.41) is 0.516. The molecule has 2 heterocycles. The van der Waals surface area contributed by atoms with Crippen LogP contribution in [0, 0.1) is 17.2 Å². The zero-order valence-corrected chi connectivity index (χ0v) is 23.7. The Bertz CT molecular complexity index is 1430. The zero-order chi connectivity index (χ0) is 29.2. The number of benzene rings is 2. The molecule has 0 atom stereocenters. The van der Waals surface area contributed by atoms with Gasteiger partial charge in [0, 0.05) is 44.3 Å². The third kappa shape index (κ3) is 6.41. The molecule has 3 aromatic rings. The second-order valence-corrected chi connectivity index (χ2v) is 11.7. The number of carbonyl (C=O) groups is 4. The van der Waals surface area contributed by atoms with Crippen LogP contribution in [0.5, 0.6) is 0 Å². The molecule has 40 heavy (non-hydrogen) atoms. The molecule has 0 N–H and O–H groups in total. The molecule has 8 nitrogen and oxygen atoms in total. The van der Waals surface area contributed by atoms with E-state index in [2.05, 4.69) is 0 Å². The average Bonchev–Trinajstić information content (AvgIpc) is 3.29. The summed E-state index contributed by atoms with van der Waals surface area (Å²) in [6, 6.07) is 11.3. The van der Waals surface area contributed by atoms with E-state index in [4.69, 9.17) is 4.74 Å². The number of halogens is 1. The molecule has 2 amide bonds. The van der Waals surface area contributed by atoms with E-state index in [1.54, 1.807) is 66.8 Å². The molecule has 1 aromatic heterocycles. The largest absolute Gasteiger partial charge is 0.443 e. The average molecular weight is 550 g/mol. The number of nitrogens with zero attached hydrogens (tertiary/aromatic N) is 3. The van der Waals surface area contributed by atoms with Crippen LogP contribution in [0.3, 0.4) is 0 Å². The van der Waals surface area contributed by atoms with Crippen LogP contribution in [0.15, 0.2) is 48.7 Å². The number of fused-ring (bicyclic) bond motifs is 1. The van der Waals surface area contributed by atoms with Gasteiger partial charge in [-0.1, -0.05) is 12.1 Å². The quantitative estimate of drug-likeness (QED) is 0.242. The van der Waals surface area contributed by atoms with E-state index in [1.165, 1.54) is 31.1 Å². The molecule has 0 radical (unpaired) electrons. The second-order valence-electron chi connectivity index (χ2n) is 11.7. The lowest BCUT2D eigenvalue weighted by Gasteiger charge is -2.32. The zero-order valence-electron chi connectivity index (χ0n) is 23.7. The number of likely N-dealkylation sites (N-methyl/N-ethyl adjacent to an activating group) is 1. The number of rotatable bonds is 7. The summed E-state index contributed by atoms with van der Waals surface area (Å²) in [5.74, 6) is -1.77. The molecule has 0 spiro atoms. The Kier molecular flexibility index (Phi) is 8.42. The summed E-state index contributed by atoms with van der Waals surface area (Å²) in [4.78, 5) is 54.3. The van der Waals surface area contributed by atoms with Gasteiger partial charge in [0.05, 0.1) is 16.5 Å². The molecule has 1 aliphatic heterocycles. The molecule has 2 aromatic carbocycles. The lowest BCUT2D eigenvalue weighted by atomic mass is 9.90. The number of hydrogen-bond acceptors (Lipinski definition) is 5. The van der Waals surface area contributed by atoms with Gasteiger partial charge in [-0.2, -0.15) is 0 Å². The van der Waals surface area contributed by atoms with Crippen LogP contribution >= 0.6 is 0 Å². The Morgan fingerprint density at radius 1 is 1.00 bits per heavy atom. The Hall–Kier alpha value is -4.01. The summed E-state index contributed by atoms with van der Waals surface area (Å²) in [5.41, 5.74) is 1.56. The lowest BCUT2D eigenvalue weighted by Crippen LogP contribution is -2.38. The van der Waals surface area contributed by atoms with Crippen molar-refractivity contribution in [2.75, 3.05) is 27.2 Å². The fraction of sp³-hybridized carbons (Fsp3) is 0.419. The highest BCUT2D eigenvalue weighted by Gasteiger charge is 2.28. The Labute approximate surface area is 233 Å². The van der Waals surface area contributed by atoms with E-state index in [0.717, 1.165) is 24.8 Å².